The minimum atomic E-state index is -5.08. The summed E-state index contributed by atoms with van der Waals surface area (Å²) in [5, 5.41) is 10.5. The molecule has 1 aromatic carbocycles. The highest BCUT2D eigenvalue weighted by Crippen LogP contribution is 2.29. The molecule has 0 aliphatic rings. The van der Waals surface area contributed by atoms with Crippen molar-refractivity contribution in [2.75, 3.05) is 0 Å². The number of aromatic nitrogens is 2. The minimum absolute atomic E-state index is 0.0362. The maximum atomic E-state index is 14.4. The van der Waals surface area contributed by atoms with Crippen molar-refractivity contribution < 1.29 is 32.3 Å². The fraction of sp³-hybridized carbons (Fsp3) is 0.143. The van der Waals surface area contributed by atoms with Gasteiger partial charge in [-0.25, -0.2) is 9.18 Å². The number of carbonyl (C=O) groups excluding carboxylic acids is 1. The highest BCUT2D eigenvalue weighted by Gasteiger charge is 2.38. The molecular weight excluding hydrogens is 505 g/mol. The third-order valence-corrected chi connectivity index (χ3v) is 4.94. The van der Waals surface area contributed by atoms with Crippen LogP contribution in [0.4, 0.5) is 17.6 Å². The molecule has 0 bridgehead atoms. The maximum absolute atomic E-state index is 14.4. The fourth-order valence-electron chi connectivity index (χ4n) is 2.55. The molecule has 1 unspecified atom stereocenters. The number of alkyl halides is 3. The van der Waals surface area contributed by atoms with Crippen molar-refractivity contribution in [2.45, 2.75) is 12.2 Å². The molecule has 1 atom stereocenters. The number of carboxylic acid groups (broad SMARTS) is 1. The fourth-order valence-corrected chi connectivity index (χ4v) is 2.86. The third-order valence-electron chi connectivity index (χ3n) is 4.20. The summed E-state index contributed by atoms with van der Waals surface area (Å²) in [6.07, 6.45) is -2.25. The number of halogens is 6. The van der Waals surface area contributed by atoms with E-state index in [1.54, 1.807) is 18.2 Å². The molecule has 2 N–H and O–H groups in total. The van der Waals surface area contributed by atoms with Crippen LogP contribution in [0.15, 0.2) is 59.7 Å². The Bertz CT molecular complexity index is 1270. The van der Waals surface area contributed by atoms with Crippen LogP contribution in [0, 0.1) is 5.82 Å². The Kier molecular flexibility index (Phi) is 8.77. The van der Waals surface area contributed by atoms with Crippen LogP contribution in [0.5, 0.6) is 0 Å². The molecule has 0 radical (unpaired) electrons. The number of aryl methyl sites for hydroxylation is 1. The Balaban J connectivity index is 0.000000509. The zero-order valence-electron chi connectivity index (χ0n) is 17.1. The van der Waals surface area contributed by atoms with Gasteiger partial charge in [0.05, 0.1) is 21.7 Å². The summed E-state index contributed by atoms with van der Waals surface area (Å²) < 4.78 is 47.4. The number of aliphatic carboxylic acids is 1. The molecule has 3 rings (SSSR count). The normalized spacial score (nSPS) is 11.7. The molecule has 0 spiro atoms. The predicted octanol–water partition coefficient (Wildman–Crippen LogP) is 4.38. The molecule has 7 nitrogen and oxygen atoms in total. The number of benzene rings is 1. The van der Waals surface area contributed by atoms with E-state index >= 15 is 0 Å². The van der Waals surface area contributed by atoms with Gasteiger partial charge in [0.25, 0.3) is 5.91 Å². The van der Waals surface area contributed by atoms with Crippen molar-refractivity contribution in [3.63, 3.8) is 0 Å². The summed E-state index contributed by atoms with van der Waals surface area (Å²) in [4.78, 5) is 37.2. The van der Waals surface area contributed by atoms with E-state index < -0.39 is 29.9 Å². The summed E-state index contributed by atoms with van der Waals surface area (Å²) in [5.74, 6) is -3.83. The largest absolute Gasteiger partial charge is 0.490 e. The van der Waals surface area contributed by atoms with E-state index in [1.165, 1.54) is 48.3 Å². The van der Waals surface area contributed by atoms with Crippen molar-refractivity contribution in [1.82, 2.24) is 14.9 Å². The van der Waals surface area contributed by atoms with Crippen molar-refractivity contribution in [3.05, 3.63) is 97.9 Å². The van der Waals surface area contributed by atoms with E-state index in [0.717, 1.165) is 0 Å². The van der Waals surface area contributed by atoms with Crippen LogP contribution >= 0.6 is 23.2 Å². The summed E-state index contributed by atoms with van der Waals surface area (Å²) >= 11 is 12.0. The van der Waals surface area contributed by atoms with Gasteiger partial charge in [-0.05, 0) is 35.9 Å². The molecular formula is C21H15Cl2F4N3O4. The lowest BCUT2D eigenvalue weighted by Crippen LogP contribution is -2.31. The van der Waals surface area contributed by atoms with Gasteiger partial charge >= 0.3 is 12.1 Å². The lowest BCUT2D eigenvalue weighted by molar-refractivity contribution is -0.192. The quantitative estimate of drug-likeness (QED) is 0.498. The standard InChI is InChI=1S/C19H14Cl2FN3O2.C2HF3O2/c1-25-10-12(5-7-16(25)26)19(27)24-17(18-15(22)3-2-8-23-18)11-4-6-13(20)14(21)9-11;3-2(4,5)1(6)7/h2-10,17H,1H3,(H,24,27);(H,6,7). The van der Waals surface area contributed by atoms with E-state index in [0.29, 0.717) is 10.6 Å². The van der Waals surface area contributed by atoms with Crippen molar-refractivity contribution >= 4 is 35.1 Å². The Hall–Kier alpha value is -3.44. The van der Waals surface area contributed by atoms with Crippen molar-refractivity contribution in [3.8, 4) is 0 Å². The number of carbonyl (C=O) groups is 2. The van der Waals surface area contributed by atoms with Crippen LogP contribution in [0.2, 0.25) is 10.0 Å². The molecule has 180 valence electrons. The van der Waals surface area contributed by atoms with Crippen LogP contribution in [-0.4, -0.2) is 32.7 Å². The van der Waals surface area contributed by atoms with Gasteiger partial charge in [-0.1, -0.05) is 29.3 Å². The number of amides is 1. The monoisotopic (exact) mass is 519 g/mol. The van der Waals surface area contributed by atoms with Crippen LogP contribution in [0.1, 0.15) is 27.7 Å². The first-order valence-corrected chi connectivity index (χ1v) is 9.90. The molecule has 2 heterocycles. The number of nitrogens with zero attached hydrogens (tertiary/aromatic N) is 2. The second kappa shape index (κ2) is 11.1. The van der Waals surface area contributed by atoms with Gasteiger partial charge in [-0.15, -0.1) is 0 Å². The van der Waals surface area contributed by atoms with Crippen LogP contribution < -0.4 is 10.9 Å². The number of pyridine rings is 2. The van der Waals surface area contributed by atoms with Gasteiger partial charge in [0.1, 0.15) is 11.5 Å². The molecule has 0 saturated heterocycles. The van der Waals surface area contributed by atoms with Gasteiger partial charge in [0.2, 0.25) is 5.56 Å². The number of hydrogen-bond donors (Lipinski definition) is 2. The highest BCUT2D eigenvalue weighted by molar-refractivity contribution is 6.42. The first-order chi connectivity index (χ1) is 15.8. The van der Waals surface area contributed by atoms with Crippen LogP contribution in [0.25, 0.3) is 0 Å². The average molecular weight is 520 g/mol. The lowest BCUT2D eigenvalue weighted by Gasteiger charge is -2.20. The van der Waals surface area contributed by atoms with E-state index in [2.05, 4.69) is 10.3 Å². The smallest absolute Gasteiger partial charge is 0.475 e. The SMILES string of the molecule is Cn1cc(C(=O)NC(c2ccc(Cl)c(Cl)c2)c2ncccc2F)ccc1=O.O=C(O)C(F)(F)F. The molecule has 0 aliphatic carbocycles. The average Bonchev–Trinajstić information content (AvgIpc) is 2.76. The van der Waals surface area contributed by atoms with E-state index in [1.807, 2.05) is 0 Å². The molecule has 0 aliphatic heterocycles. The summed E-state index contributed by atoms with van der Waals surface area (Å²) in [7, 11) is 1.54. The third kappa shape index (κ3) is 7.03. The first kappa shape index (κ1) is 26.8. The molecule has 0 saturated carbocycles. The first-order valence-electron chi connectivity index (χ1n) is 9.14. The topological polar surface area (TPSA) is 101 Å². The van der Waals surface area contributed by atoms with Gasteiger partial charge in [0, 0.05) is 25.5 Å². The predicted molar refractivity (Wildman–Crippen MR) is 115 cm³/mol. The molecule has 1 amide bonds. The summed E-state index contributed by atoms with van der Waals surface area (Å²) in [6, 6.07) is 9.24. The van der Waals surface area contributed by atoms with Gasteiger partial charge < -0.3 is 15.0 Å². The molecule has 13 heteroatoms. The van der Waals surface area contributed by atoms with Gasteiger partial charge in [0.15, 0.2) is 0 Å². The zero-order valence-corrected chi connectivity index (χ0v) is 18.6. The number of carboxylic acids is 1. The van der Waals surface area contributed by atoms with Gasteiger partial charge in [-0.3, -0.25) is 14.6 Å². The van der Waals surface area contributed by atoms with E-state index in [4.69, 9.17) is 33.1 Å². The van der Waals surface area contributed by atoms with Crippen molar-refractivity contribution in [1.29, 1.82) is 0 Å². The minimum Gasteiger partial charge on any atom is -0.475 e. The molecule has 3 aromatic rings. The molecule has 0 fully saturated rings. The number of hydrogen-bond acceptors (Lipinski definition) is 4. The summed E-state index contributed by atoms with van der Waals surface area (Å²) in [5.41, 5.74) is 0.552. The molecule has 2 aromatic heterocycles. The lowest BCUT2D eigenvalue weighted by atomic mass is 10.0. The second-order valence-corrected chi connectivity index (χ2v) is 7.43. The van der Waals surface area contributed by atoms with Crippen LogP contribution in [0.3, 0.4) is 0 Å². The molecule has 34 heavy (non-hydrogen) atoms. The highest BCUT2D eigenvalue weighted by atomic mass is 35.5. The van der Waals surface area contributed by atoms with E-state index in [9.17, 15) is 27.2 Å². The summed E-state index contributed by atoms with van der Waals surface area (Å²) in [6.45, 7) is 0. The maximum Gasteiger partial charge on any atom is 0.490 e. The van der Waals surface area contributed by atoms with E-state index in [-0.39, 0.29) is 21.8 Å². The second-order valence-electron chi connectivity index (χ2n) is 6.62. The Labute approximate surface area is 199 Å². The van der Waals surface area contributed by atoms with Crippen molar-refractivity contribution in [2.24, 2.45) is 7.05 Å². The number of rotatable bonds is 4. The zero-order chi connectivity index (χ0) is 25.6. The van der Waals surface area contributed by atoms with Gasteiger partial charge in [-0.2, -0.15) is 13.2 Å². The Morgan fingerprint density at radius 2 is 1.76 bits per heavy atom. The van der Waals surface area contributed by atoms with Crippen LogP contribution in [-0.2, 0) is 11.8 Å². The Morgan fingerprint density at radius 3 is 2.29 bits per heavy atom. The Morgan fingerprint density at radius 1 is 1.12 bits per heavy atom. The number of nitrogens with one attached hydrogen (secondary N) is 1.